The Kier molecular flexibility index (Phi) is 5.39. The predicted molar refractivity (Wildman–Crippen MR) is 80.5 cm³/mol. The fourth-order valence-corrected chi connectivity index (χ4v) is 2.54. The van der Waals surface area contributed by atoms with Crippen molar-refractivity contribution in [2.24, 2.45) is 0 Å². The fourth-order valence-electron chi connectivity index (χ4n) is 2.12. The van der Waals surface area contributed by atoms with E-state index < -0.39 is 5.97 Å². The molecule has 0 bridgehead atoms. The van der Waals surface area contributed by atoms with E-state index in [4.69, 9.17) is 9.84 Å². The molecule has 1 fully saturated rings. The number of aromatic carboxylic acids is 1. The van der Waals surface area contributed by atoms with Crippen LogP contribution in [0.25, 0.3) is 0 Å². The molecule has 5 nitrogen and oxygen atoms in total. The molecular formula is C14H19BrN2O3. The molecule has 1 aliphatic rings. The maximum Gasteiger partial charge on any atom is 0.336 e. The van der Waals surface area contributed by atoms with E-state index in [0.29, 0.717) is 16.8 Å². The van der Waals surface area contributed by atoms with Crippen molar-refractivity contribution in [3.05, 3.63) is 28.2 Å². The van der Waals surface area contributed by atoms with Crippen LogP contribution in [0.15, 0.2) is 22.7 Å². The summed E-state index contributed by atoms with van der Waals surface area (Å²) in [4.78, 5) is 15.7. The Bertz CT molecular complexity index is 473. The zero-order valence-electron chi connectivity index (χ0n) is 11.5. The molecule has 6 heteroatoms. The first-order valence-electron chi connectivity index (χ1n) is 6.63. The number of carboxylic acids is 1. The first-order chi connectivity index (χ1) is 9.56. The summed E-state index contributed by atoms with van der Waals surface area (Å²) < 4.78 is 6.21. The Morgan fingerprint density at radius 1 is 1.35 bits per heavy atom. The molecule has 1 aromatic rings. The van der Waals surface area contributed by atoms with Crippen LogP contribution in [0.2, 0.25) is 0 Å². The summed E-state index contributed by atoms with van der Waals surface area (Å²) in [5, 5.41) is 9.05. The third-order valence-corrected chi connectivity index (χ3v) is 4.13. The highest BCUT2D eigenvalue weighted by Gasteiger charge is 2.14. The summed E-state index contributed by atoms with van der Waals surface area (Å²) in [7, 11) is 2.13. The van der Waals surface area contributed by atoms with Crippen LogP contribution < -0.4 is 4.74 Å². The molecule has 0 unspecified atom stereocenters. The van der Waals surface area contributed by atoms with Crippen molar-refractivity contribution in [3.8, 4) is 5.75 Å². The first kappa shape index (κ1) is 15.3. The highest BCUT2D eigenvalue weighted by molar-refractivity contribution is 9.10. The predicted octanol–water partition coefficient (Wildman–Crippen LogP) is 1.77. The average Bonchev–Trinajstić information content (AvgIpc) is 2.42. The molecule has 1 saturated heterocycles. The van der Waals surface area contributed by atoms with Gasteiger partial charge in [0.05, 0.1) is 5.56 Å². The van der Waals surface area contributed by atoms with E-state index in [1.807, 2.05) is 0 Å². The fraction of sp³-hybridized carbons (Fsp3) is 0.500. The second-order valence-electron chi connectivity index (χ2n) is 4.94. The monoisotopic (exact) mass is 342 g/mol. The van der Waals surface area contributed by atoms with Gasteiger partial charge >= 0.3 is 5.97 Å². The smallest absolute Gasteiger partial charge is 0.336 e. The molecule has 20 heavy (non-hydrogen) atoms. The van der Waals surface area contributed by atoms with Gasteiger partial charge in [0.25, 0.3) is 0 Å². The topological polar surface area (TPSA) is 53.0 Å². The van der Waals surface area contributed by atoms with E-state index in [1.54, 1.807) is 18.2 Å². The highest BCUT2D eigenvalue weighted by atomic mass is 79.9. The van der Waals surface area contributed by atoms with Gasteiger partial charge in [-0.15, -0.1) is 0 Å². The first-order valence-corrected chi connectivity index (χ1v) is 7.42. The van der Waals surface area contributed by atoms with E-state index in [-0.39, 0.29) is 5.56 Å². The summed E-state index contributed by atoms with van der Waals surface area (Å²) in [6, 6.07) is 5.03. The van der Waals surface area contributed by atoms with Gasteiger partial charge in [0, 0.05) is 37.2 Å². The van der Waals surface area contributed by atoms with E-state index in [9.17, 15) is 4.79 Å². The van der Waals surface area contributed by atoms with Crippen molar-refractivity contribution in [3.63, 3.8) is 0 Å². The molecule has 1 N–H and O–H groups in total. The molecule has 1 heterocycles. The standard InChI is InChI=1S/C14H19BrN2O3/c1-16-4-6-17(7-5-16)8-9-20-11-2-3-13(15)12(10-11)14(18)19/h2-3,10H,4-9H2,1H3,(H,18,19). The third-order valence-electron chi connectivity index (χ3n) is 3.44. The van der Waals surface area contributed by atoms with Crippen LogP contribution in [0.5, 0.6) is 5.75 Å². The van der Waals surface area contributed by atoms with E-state index in [0.717, 1.165) is 32.7 Å². The molecule has 0 aliphatic carbocycles. The van der Waals surface area contributed by atoms with E-state index in [1.165, 1.54) is 0 Å². The lowest BCUT2D eigenvalue weighted by Crippen LogP contribution is -2.45. The molecule has 0 amide bonds. The molecule has 110 valence electrons. The van der Waals surface area contributed by atoms with Crippen molar-refractivity contribution in [1.29, 1.82) is 0 Å². The van der Waals surface area contributed by atoms with Crippen LogP contribution in [0.3, 0.4) is 0 Å². The summed E-state index contributed by atoms with van der Waals surface area (Å²) in [6.07, 6.45) is 0. The van der Waals surface area contributed by atoms with Gasteiger partial charge in [-0.05, 0) is 41.2 Å². The number of hydrogen-bond donors (Lipinski definition) is 1. The molecule has 0 aromatic heterocycles. The summed E-state index contributed by atoms with van der Waals surface area (Å²) in [6.45, 7) is 5.72. The number of rotatable bonds is 5. The summed E-state index contributed by atoms with van der Waals surface area (Å²) >= 11 is 3.22. The molecule has 2 rings (SSSR count). The minimum atomic E-state index is -0.957. The van der Waals surface area contributed by atoms with Crippen LogP contribution in [-0.2, 0) is 0 Å². The number of likely N-dealkylation sites (N-methyl/N-ethyl adjacent to an activating group) is 1. The normalized spacial score (nSPS) is 17.1. The van der Waals surface area contributed by atoms with Crippen LogP contribution in [0.4, 0.5) is 0 Å². The van der Waals surface area contributed by atoms with Crippen LogP contribution >= 0.6 is 15.9 Å². The number of carbonyl (C=O) groups is 1. The Morgan fingerprint density at radius 3 is 2.70 bits per heavy atom. The van der Waals surface area contributed by atoms with Crippen molar-refractivity contribution in [2.45, 2.75) is 0 Å². The molecule has 0 spiro atoms. The molecule has 1 aromatic carbocycles. The van der Waals surface area contributed by atoms with Gasteiger partial charge in [0.15, 0.2) is 0 Å². The number of benzene rings is 1. The van der Waals surface area contributed by atoms with Gasteiger partial charge in [-0.2, -0.15) is 0 Å². The lowest BCUT2D eigenvalue weighted by atomic mass is 10.2. The van der Waals surface area contributed by atoms with Gasteiger partial charge in [-0.1, -0.05) is 0 Å². The van der Waals surface area contributed by atoms with Crippen molar-refractivity contribution >= 4 is 21.9 Å². The minimum absolute atomic E-state index is 0.224. The van der Waals surface area contributed by atoms with Gasteiger partial charge in [0.1, 0.15) is 12.4 Å². The molecule has 0 radical (unpaired) electrons. The van der Waals surface area contributed by atoms with Crippen LogP contribution in [0, 0.1) is 0 Å². The quantitative estimate of drug-likeness (QED) is 0.883. The SMILES string of the molecule is CN1CCN(CCOc2ccc(Br)c(C(=O)O)c2)CC1. The number of piperazine rings is 1. The Morgan fingerprint density at radius 2 is 2.05 bits per heavy atom. The zero-order chi connectivity index (χ0) is 14.5. The average molecular weight is 343 g/mol. The number of halogens is 1. The van der Waals surface area contributed by atoms with Gasteiger partial charge < -0.3 is 14.7 Å². The van der Waals surface area contributed by atoms with Crippen LogP contribution in [0.1, 0.15) is 10.4 Å². The maximum absolute atomic E-state index is 11.0. The van der Waals surface area contributed by atoms with E-state index in [2.05, 4.69) is 32.8 Å². The summed E-state index contributed by atoms with van der Waals surface area (Å²) in [5.41, 5.74) is 0.224. The van der Waals surface area contributed by atoms with Crippen molar-refractivity contribution in [1.82, 2.24) is 9.80 Å². The maximum atomic E-state index is 11.0. The number of hydrogen-bond acceptors (Lipinski definition) is 4. The Hall–Kier alpha value is -1.11. The number of ether oxygens (including phenoxy) is 1. The second kappa shape index (κ2) is 7.06. The second-order valence-corrected chi connectivity index (χ2v) is 5.79. The molecule has 0 atom stereocenters. The van der Waals surface area contributed by atoms with Crippen molar-refractivity contribution < 1.29 is 14.6 Å². The van der Waals surface area contributed by atoms with E-state index >= 15 is 0 Å². The molecule has 0 saturated carbocycles. The Balaban J connectivity index is 1.82. The summed E-state index contributed by atoms with van der Waals surface area (Å²) in [5.74, 6) is -0.360. The number of nitrogens with zero attached hydrogens (tertiary/aromatic N) is 2. The van der Waals surface area contributed by atoms with Gasteiger partial charge in [-0.3, -0.25) is 4.90 Å². The lowest BCUT2D eigenvalue weighted by Gasteiger charge is -2.32. The third kappa shape index (κ3) is 4.19. The largest absolute Gasteiger partial charge is 0.492 e. The Labute approximate surface area is 127 Å². The number of carboxylic acid groups (broad SMARTS) is 1. The minimum Gasteiger partial charge on any atom is -0.492 e. The lowest BCUT2D eigenvalue weighted by molar-refractivity contribution is 0.0695. The highest BCUT2D eigenvalue weighted by Crippen LogP contribution is 2.22. The molecule has 1 aliphatic heterocycles. The van der Waals surface area contributed by atoms with Gasteiger partial charge in [0.2, 0.25) is 0 Å². The van der Waals surface area contributed by atoms with Crippen LogP contribution in [-0.4, -0.2) is 67.3 Å². The van der Waals surface area contributed by atoms with Gasteiger partial charge in [-0.25, -0.2) is 4.79 Å². The zero-order valence-corrected chi connectivity index (χ0v) is 13.1. The molecular weight excluding hydrogens is 324 g/mol. The van der Waals surface area contributed by atoms with Crippen molar-refractivity contribution in [2.75, 3.05) is 46.4 Å².